The Morgan fingerprint density at radius 1 is 0.967 bits per heavy atom. The zero-order valence-electron chi connectivity index (χ0n) is 15.7. The molecule has 3 aromatic carbocycles. The minimum atomic E-state index is -3.60. The molecule has 7 nitrogen and oxygen atoms in total. The van der Waals surface area contributed by atoms with Gasteiger partial charge in [-0.1, -0.05) is 36.4 Å². The van der Waals surface area contributed by atoms with Gasteiger partial charge in [-0.05, 0) is 42.0 Å². The number of carbonyl (C=O) groups is 1. The van der Waals surface area contributed by atoms with Crippen molar-refractivity contribution in [1.29, 1.82) is 0 Å². The summed E-state index contributed by atoms with van der Waals surface area (Å²) in [6.07, 6.45) is 1.29. The Balaban J connectivity index is 1.62. The molecule has 4 aromatic rings. The average molecular weight is 419 g/mol. The second-order valence-electron chi connectivity index (χ2n) is 6.65. The van der Waals surface area contributed by atoms with E-state index in [1.807, 2.05) is 0 Å². The van der Waals surface area contributed by atoms with Crippen molar-refractivity contribution in [2.45, 2.75) is 10.6 Å². The number of nitrogens with one attached hydrogen (secondary N) is 2. The molecule has 8 heteroatoms. The van der Waals surface area contributed by atoms with Gasteiger partial charge in [-0.3, -0.25) is 9.59 Å². The van der Waals surface area contributed by atoms with Crippen molar-refractivity contribution in [3.63, 3.8) is 0 Å². The highest BCUT2D eigenvalue weighted by atomic mass is 32.2. The number of hydrogen-bond donors (Lipinski definition) is 2. The Labute approximate surface area is 172 Å². The van der Waals surface area contributed by atoms with Gasteiger partial charge in [-0.2, -0.15) is 0 Å². The Hall–Kier alpha value is -3.78. The molecule has 1 amide bonds. The molecule has 0 bridgehead atoms. The third-order valence-corrected chi connectivity index (χ3v) is 6.29. The van der Waals surface area contributed by atoms with Gasteiger partial charge in [0.15, 0.2) is 9.84 Å². The summed E-state index contributed by atoms with van der Waals surface area (Å²) in [6.45, 7) is 0. The molecule has 4 rings (SSSR count). The number of sulfone groups is 1. The van der Waals surface area contributed by atoms with Crippen LogP contribution in [-0.4, -0.2) is 24.3 Å². The fourth-order valence-corrected chi connectivity index (χ4v) is 4.53. The summed E-state index contributed by atoms with van der Waals surface area (Å²) in [5.41, 5.74) is 1.28. The van der Waals surface area contributed by atoms with E-state index in [0.717, 1.165) is 0 Å². The zero-order valence-corrected chi connectivity index (χ0v) is 16.5. The fraction of sp³-hybridized carbons (Fsp3) is 0.0455. The standard InChI is InChI=1S/C22H17N3O4S/c26-21-19-11-10-16(12-20(19)23-14-24-21)25-22(27)18-9-5-4-6-15(18)13-30(28,29)17-7-2-1-3-8-17/h1-12,14H,13H2,(H,25,27)(H,23,24,26). The maximum Gasteiger partial charge on any atom is 0.258 e. The first-order chi connectivity index (χ1) is 14.4. The Morgan fingerprint density at radius 3 is 2.50 bits per heavy atom. The number of H-pyrrole nitrogens is 1. The van der Waals surface area contributed by atoms with E-state index in [1.54, 1.807) is 60.7 Å². The molecule has 2 N–H and O–H groups in total. The molecule has 0 fully saturated rings. The van der Waals surface area contributed by atoms with E-state index in [4.69, 9.17) is 0 Å². The molecule has 0 saturated heterocycles. The van der Waals surface area contributed by atoms with Crippen LogP contribution >= 0.6 is 0 Å². The van der Waals surface area contributed by atoms with E-state index in [9.17, 15) is 18.0 Å². The van der Waals surface area contributed by atoms with Crippen LogP contribution in [0.3, 0.4) is 0 Å². The van der Waals surface area contributed by atoms with Crippen LogP contribution in [0.25, 0.3) is 10.9 Å². The summed E-state index contributed by atoms with van der Waals surface area (Å²) >= 11 is 0. The molecule has 1 aromatic heterocycles. The van der Waals surface area contributed by atoms with Gasteiger partial charge in [0.2, 0.25) is 0 Å². The number of amides is 1. The first-order valence-corrected chi connectivity index (χ1v) is 10.7. The number of benzene rings is 3. The molecule has 0 aliphatic rings. The molecular weight excluding hydrogens is 402 g/mol. The molecule has 0 atom stereocenters. The highest BCUT2D eigenvalue weighted by molar-refractivity contribution is 7.90. The van der Waals surface area contributed by atoms with E-state index in [1.165, 1.54) is 18.5 Å². The summed E-state index contributed by atoms with van der Waals surface area (Å²) < 4.78 is 25.5. The molecule has 0 saturated carbocycles. The summed E-state index contributed by atoms with van der Waals surface area (Å²) in [5, 5.41) is 3.16. The van der Waals surface area contributed by atoms with Crippen molar-refractivity contribution >= 4 is 32.3 Å². The van der Waals surface area contributed by atoms with E-state index in [0.29, 0.717) is 22.2 Å². The molecule has 0 aliphatic heterocycles. The van der Waals surface area contributed by atoms with Crippen LogP contribution in [0, 0.1) is 0 Å². The molecule has 150 valence electrons. The first-order valence-electron chi connectivity index (χ1n) is 9.08. The maximum atomic E-state index is 12.9. The second-order valence-corrected chi connectivity index (χ2v) is 8.64. The Bertz CT molecular complexity index is 1400. The van der Waals surface area contributed by atoms with Crippen molar-refractivity contribution in [1.82, 2.24) is 9.97 Å². The lowest BCUT2D eigenvalue weighted by Crippen LogP contribution is -2.16. The minimum Gasteiger partial charge on any atom is -0.322 e. The molecule has 0 unspecified atom stereocenters. The highest BCUT2D eigenvalue weighted by Crippen LogP contribution is 2.21. The zero-order chi connectivity index (χ0) is 21.1. The second kappa shape index (κ2) is 7.92. The number of nitrogens with zero attached hydrogens (tertiary/aromatic N) is 1. The number of rotatable bonds is 5. The van der Waals surface area contributed by atoms with Gasteiger partial charge in [0.25, 0.3) is 11.5 Å². The first kappa shape index (κ1) is 19.5. The normalized spacial score (nSPS) is 11.3. The van der Waals surface area contributed by atoms with Crippen molar-refractivity contribution in [3.05, 3.63) is 101 Å². The third-order valence-electron chi connectivity index (χ3n) is 4.61. The van der Waals surface area contributed by atoms with Crippen LogP contribution in [0.2, 0.25) is 0 Å². The lowest BCUT2D eigenvalue weighted by Gasteiger charge is -2.11. The van der Waals surface area contributed by atoms with Crippen LogP contribution in [0.15, 0.2) is 88.8 Å². The number of fused-ring (bicyclic) bond motifs is 1. The van der Waals surface area contributed by atoms with Crippen LogP contribution < -0.4 is 10.9 Å². The summed E-state index contributed by atoms with van der Waals surface area (Å²) in [7, 11) is -3.60. The predicted molar refractivity (Wildman–Crippen MR) is 114 cm³/mol. The van der Waals surface area contributed by atoms with Crippen molar-refractivity contribution in [3.8, 4) is 0 Å². The monoisotopic (exact) mass is 419 g/mol. The number of aromatic amines is 1. The van der Waals surface area contributed by atoms with E-state index < -0.39 is 15.7 Å². The maximum absolute atomic E-state index is 12.9. The van der Waals surface area contributed by atoms with E-state index in [2.05, 4.69) is 15.3 Å². The third kappa shape index (κ3) is 3.99. The number of carbonyl (C=O) groups excluding carboxylic acids is 1. The number of aromatic nitrogens is 2. The average Bonchev–Trinajstić information content (AvgIpc) is 2.74. The largest absolute Gasteiger partial charge is 0.322 e. The van der Waals surface area contributed by atoms with Crippen LogP contribution in [0.5, 0.6) is 0 Å². The summed E-state index contributed by atoms with van der Waals surface area (Å²) in [4.78, 5) is 31.4. The van der Waals surface area contributed by atoms with E-state index in [-0.39, 0.29) is 21.8 Å². The SMILES string of the molecule is O=C(Nc1ccc2c(=O)[nH]cnc2c1)c1ccccc1CS(=O)(=O)c1ccccc1. The summed E-state index contributed by atoms with van der Waals surface area (Å²) in [6, 6.07) is 19.4. The summed E-state index contributed by atoms with van der Waals surface area (Å²) in [5.74, 6) is -0.743. The quantitative estimate of drug-likeness (QED) is 0.517. The van der Waals surface area contributed by atoms with Gasteiger partial charge in [0.1, 0.15) is 0 Å². The smallest absolute Gasteiger partial charge is 0.258 e. The minimum absolute atomic E-state index is 0.200. The highest BCUT2D eigenvalue weighted by Gasteiger charge is 2.19. The van der Waals surface area contributed by atoms with Gasteiger partial charge in [0.05, 0.1) is 27.9 Å². The lowest BCUT2D eigenvalue weighted by molar-refractivity contribution is 0.102. The molecule has 0 aliphatic carbocycles. The molecular formula is C22H17N3O4S. The Morgan fingerprint density at radius 2 is 1.70 bits per heavy atom. The fourth-order valence-electron chi connectivity index (χ4n) is 3.13. The van der Waals surface area contributed by atoms with E-state index >= 15 is 0 Å². The van der Waals surface area contributed by atoms with Gasteiger partial charge < -0.3 is 10.3 Å². The van der Waals surface area contributed by atoms with Crippen molar-refractivity contribution in [2.24, 2.45) is 0 Å². The number of anilines is 1. The topological polar surface area (TPSA) is 109 Å². The van der Waals surface area contributed by atoms with Crippen LogP contribution in [-0.2, 0) is 15.6 Å². The molecule has 1 heterocycles. The molecule has 0 spiro atoms. The van der Waals surface area contributed by atoms with Gasteiger partial charge >= 0.3 is 0 Å². The molecule has 30 heavy (non-hydrogen) atoms. The van der Waals surface area contributed by atoms with Gasteiger partial charge in [0, 0.05) is 11.3 Å². The number of hydrogen-bond acceptors (Lipinski definition) is 5. The van der Waals surface area contributed by atoms with Crippen LogP contribution in [0.4, 0.5) is 5.69 Å². The van der Waals surface area contributed by atoms with Crippen LogP contribution in [0.1, 0.15) is 15.9 Å². The van der Waals surface area contributed by atoms with Crippen molar-refractivity contribution < 1.29 is 13.2 Å². The van der Waals surface area contributed by atoms with Crippen molar-refractivity contribution in [2.75, 3.05) is 5.32 Å². The Kier molecular flexibility index (Phi) is 5.16. The molecule has 0 radical (unpaired) electrons. The predicted octanol–water partition coefficient (Wildman–Crippen LogP) is 3.15. The van der Waals surface area contributed by atoms with Gasteiger partial charge in [-0.25, -0.2) is 13.4 Å². The van der Waals surface area contributed by atoms with Gasteiger partial charge in [-0.15, -0.1) is 0 Å². The lowest BCUT2D eigenvalue weighted by atomic mass is 10.1.